The fourth-order valence-corrected chi connectivity index (χ4v) is 2.92. The molecule has 0 aromatic heterocycles. The van der Waals surface area contributed by atoms with Crippen LogP contribution in [-0.4, -0.2) is 29.1 Å². The lowest BCUT2D eigenvalue weighted by Gasteiger charge is -2.22. The van der Waals surface area contributed by atoms with Crippen molar-refractivity contribution in [2.75, 3.05) is 0 Å². The van der Waals surface area contributed by atoms with Crippen LogP contribution in [0.1, 0.15) is 34.1 Å². The number of carbonyl (C=O) groups excluding carboxylic acids is 1. The highest BCUT2D eigenvalue weighted by Gasteiger charge is 2.28. The molecular formula is C14H26O2SSi. The highest BCUT2D eigenvalue weighted by atomic mass is 32.2. The van der Waals surface area contributed by atoms with E-state index in [1.165, 1.54) is 11.8 Å². The van der Waals surface area contributed by atoms with Crippen LogP contribution in [0.3, 0.4) is 0 Å². The predicted octanol–water partition coefficient (Wildman–Crippen LogP) is 3.31. The zero-order valence-electron chi connectivity index (χ0n) is 12.6. The highest BCUT2D eigenvalue weighted by molar-refractivity contribution is 8.14. The van der Waals surface area contributed by atoms with E-state index in [9.17, 15) is 9.90 Å². The number of carbonyl (C=O) groups is 1. The van der Waals surface area contributed by atoms with Crippen molar-refractivity contribution in [1.29, 1.82) is 0 Å². The van der Waals surface area contributed by atoms with Crippen molar-refractivity contribution in [3.63, 3.8) is 0 Å². The molecule has 0 fully saturated rings. The molecule has 0 spiro atoms. The van der Waals surface area contributed by atoms with Gasteiger partial charge in [0.2, 0.25) is 0 Å². The van der Waals surface area contributed by atoms with Gasteiger partial charge in [-0.25, -0.2) is 0 Å². The number of aliphatic hydroxyl groups excluding tert-OH is 1. The van der Waals surface area contributed by atoms with Crippen molar-refractivity contribution in [2.45, 2.75) is 64.6 Å². The lowest BCUT2D eigenvalue weighted by Crippen LogP contribution is -2.28. The van der Waals surface area contributed by atoms with Gasteiger partial charge in [0.15, 0.2) is 5.12 Å². The van der Waals surface area contributed by atoms with Crippen LogP contribution in [0.5, 0.6) is 0 Å². The fourth-order valence-electron chi connectivity index (χ4n) is 1.29. The van der Waals surface area contributed by atoms with E-state index in [0.29, 0.717) is 6.42 Å². The SMILES string of the molecule is CC[C@H](C(=O)SC(C)(C)C)[C@@H](O)C#C[Si](C)(C)C. The van der Waals surface area contributed by atoms with Gasteiger partial charge in [0.1, 0.15) is 14.2 Å². The zero-order valence-corrected chi connectivity index (χ0v) is 14.4. The van der Waals surface area contributed by atoms with Crippen LogP contribution >= 0.6 is 11.8 Å². The zero-order chi connectivity index (χ0) is 14.6. The molecule has 0 aromatic carbocycles. The van der Waals surface area contributed by atoms with Crippen LogP contribution < -0.4 is 0 Å². The molecule has 0 saturated carbocycles. The molecule has 0 aliphatic carbocycles. The van der Waals surface area contributed by atoms with Crippen LogP contribution in [0.25, 0.3) is 0 Å². The molecule has 104 valence electrons. The molecule has 0 aromatic rings. The number of thioether (sulfide) groups is 1. The molecule has 2 nitrogen and oxygen atoms in total. The molecule has 0 rings (SSSR count). The third-order valence-electron chi connectivity index (χ3n) is 2.13. The summed E-state index contributed by atoms with van der Waals surface area (Å²) in [6.45, 7) is 14.3. The average molecular weight is 287 g/mol. The second kappa shape index (κ2) is 6.79. The second-order valence-corrected chi connectivity index (χ2v) is 13.1. The molecule has 0 amide bonds. The van der Waals surface area contributed by atoms with Gasteiger partial charge in [-0.3, -0.25) is 4.79 Å². The van der Waals surface area contributed by atoms with Gasteiger partial charge in [-0.15, -0.1) is 5.54 Å². The third kappa shape index (κ3) is 7.96. The maximum Gasteiger partial charge on any atom is 0.196 e. The first-order valence-electron chi connectivity index (χ1n) is 6.40. The Morgan fingerprint density at radius 1 is 1.33 bits per heavy atom. The van der Waals surface area contributed by atoms with E-state index in [2.05, 4.69) is 31.1 Å². The minimum atomic E-state index is -1.50. The Labute approximate surface area is 117 Å². The standard InChI is InChI=1S/C14H26O2SSi/c1-8-11(13(16)17-14(2,3)4)12(15)9-10-18(5,6)7/h11-12,15H,8H2,1-7H3/t11-,12-/m0/s1. The average Bonchev–Trinajstić information content (AvgIpc) is 2.11. The monoisotopic (exact) mass is 286 g/mol. The van der Waals surface area contributed by atoms with E-state index in [1.54, 1.807) is 0 Å². The predicted molar refractivity (Wildman–Crippen MR) is 83.3 cm³/mol. The van der Waals surface area contributed by atoms with Crippen molar-refractivity contribution < 1.29 is 9.90 Å². The van der Waals surface area contributed by atoms with E-state index < -0.39 is 14.2 Å². The summed E-state index contributed by atoms with van der Waals surface area (Å²) in [5.41, 5.74) is 3.13. The van der Waals surface area contributed by atoms with E-state index in [1.807, 2.05) is 27.7 Å². The van der Waals surface area contributed by atoms with Crippen LogP contribution in [0.2, 0.25) is 19.6 Å². The molecule has 18 heavy (non-hydrogen) atoms. The first kappa shape index (κ1) is 17.8. The van der Waals surface area contributed by atoms with Crippen molar-refractivity contribution in [1.82, 2.24) is 0 Å². The molecule has 4 heteroatoms. The lowest BCUT2D eigenvalue weighted by molar-refractivity contribution is -0.116. The molecule has 0 unspecified atom stereocenters. The van der Waals surface area contributed by atoms with E-state index in [0.717, 1.165) is 0 Å². The summed E-state index contributed by atoms with van der Waals surface area (Å²) in [4.78, 5) is 12.1. The van der Waals surface area contributed by atoms with E-state index >= 15 is 0 Å². The molecule has 0 heterocycles. The maximum absolute atomic E-state index is 12.1. The van der Waals surface area contributed by atoms with Gasteiger partial charge < -0.3 is 5.11 Å². The Morgan fingerprint density at radius 2 is 1.83 bits per heavy atom. The summed E-state index contributed by atoms with van der Waals surface area (Å²) in [7, 11) is -1.50. The van der Waals surface area contributed by atoms with Gasteiger partial charge in [0, 0.05) is 4.75 Å². The normalized spacial score (nSPS) is 15.6. The number of hydrogen-bond donors (Lipinski definition) is 1. The molecule has 0 aliphatic heterocycles. The first-order chi connectivity index (χ1) is 7.96. The Bertz CT molecular complexity index is 342. The summed E-state index contributed by atoms with van der Waals surface area (Å²) >= 11 is 1.30. The largest absolute Gasteiger partial charge is 0.380 e. The minimum Gasteiger partial charge on any atom is -0.380 e. The van der Waals surface area contributed by atoms with Crippen molar-refractivity contribution in [3.05, 3.63) is 0 Å². The summed E-state index contributed by atoms with van der Waals surface area (Å²) in [5, 5.41) is 10.1. The van der Waals surface area contributed by atoms with Crippen molar-refractivity contribution in [3.8, 4) is 11.5 Å². The maximum atomic E-state index is 12.1. The van der Waals surface area contributed by atoms with Gasteiger partial charge in [0.05, 0.1) is 5.92 Å². The van der Waals surface area contributed by atoms with Crippen LogP contribution in [0.4, 0.5) is 0 Å². The Kier molecular flexibility index (Phi) is 6.70. The molecule has 0 radical (unpaired) electrons. The van der Waals surface area contributed by atoms with Crippen LogP contribution in [0.15, 0.2) is 0 Å². The topological polar surface area (TPSA) is 37.3 Å². The van der Waals surface area contributed by atoms with Crippen LogP contribution in [0, 0.1) is 17.4 Å². The van der Waals surface area contributed by atoms with Gasteiger partial charge in [0.25, 0.3) is 0 Å². The van der Waals surface area contributed by atoms with E-state index in [4.69, 9.17) is 0 Å². The molecule has 0 aliphatic rings. The van der Waals surface area contributed by atoms with Crippen LogP contribution in [-0.2, 0) is 4.79 Å². The highest BCUT2D eigenvalue weighted by Crippen LogP contribution is 2.29. The molecule has 0 saturated heterocycles. The molecule has 2 atom stereocenters. The lowest BCUT2D eigenvalue weighted by atomic mass is 10.0. The summed E-state index contributed by atoms with van der Waals surface area (Å²) in [5.74, 6) is 2.50. The smallest absolute Gasteiger partial charge is 0.196 e. The Morgan fingerprint density at radius 3 is 2.17 bits per heavy atom. The Hall–Kier alpha value is -0.243. The third-order valence-corrected chi connectivity index (χ3v) is 4.14. The Balaban J connectivity index is 4.77. The van der Waals surface area contributed by atoms with Crippen molar-refractivity contribution in [2.24, 2.45) is 5.92 Å². The quantitative estimate of drug-likeness (QED) is 0.639. The van der Waals surface area contributed by atoms with Gasteiger partial charge in [-0.2, -0.15) is 0 Å². The number of rotatable bonds is 3. The second-order valence-electron chi connectivity index (χ2n) is 6.51. The summed E-state index contributed by atoms with van der Waals surface area (Å²) in [6.07, 6.45) is -0.201. The van der Waals surface area contributed by atoms with Crippen molar-refractivity contribution >= 4 is 25.0 Å². The minimum absolute atomic E-state index is 0.0439. The van der Waals surface area contributed by atoms with Gasteiger partial charge >= 0.3 is 0 Å². The molecule has 0 bridgehead atoms. The first-order valence-corrected chi connectivity index (χ1v) is 10.7. The number of hydrogen-bond acceptors (Lipinski definition) is 3. The summed E-state index contributed by atoms with van der Waals surface area (Å²) < 4.78 is -0.115. The van der Waals surface area contributed by atoms with Gasteiger partial charge in [-0.05, 0) is 6.42 Å². The molecule has 1 N–H and O–H groups in total. The summed E-state index contributed by atoms with van der Waals surface area (Å²) in [6, 6.07) is 0. The van der Waals surface area contributed by atoms with Gasteiger partial charge in [-0.1, -0.05) is 65.0 Å². The molecular weight excluding hydrogens is 260 g/mol. The number of aliphatic hydroxyl groups is 1. The van der Waals surface area contributed by atoms with E-state index in [-0.39, 0.29) is 15.8 Å². The fraction of sp³-hybridized carbons (Fsp3) is 0.786.